The van der Waals surface area contributed by atoms with Crippen molar-refractivity contribution in [3.8, 4) is 11.8 Å². The fourth-order valence-electron chi connectivity index (χ4n) is 2.27. The van der Waals surface area contributed by atoms with Crippen LogP contribution in [0.1, 0.15) is 23.6 Å². The molecule has 2 rings (SSSR count). The lowest BCUT2D eigenvalue weighted by molar-refractivity contribution is 0.271. The lowest BCUT2D eigenvalue weighted by atomic mass is 10.1. The minimum atomic E-state index is -0.0979. The van der Waals surface area contributed by atoms with E-state index in [1.54, 1.807) is 0 Å². The molecule has 0 heterocycles. The van der Waals surface area contributed by atoms with Gasteiger partial charge in [0, 0.05) is 18.7 Å². The van der Waals surface area contributed by atoms with E-state index < -0.39 is 0 Å². The number of nitrogens with zero attached hydrogens (tertiary/aromatic N) is 1. The predicted octanol–water partition coefficient (Wildman–Crippen LogP) is 3.05. The lowest BCUT2D eigenvalue weighted by Gasteiger charge is -2.20. The van der Waals surface area contributed by atoms with Crippen molar-refractivity contribution in [2.24, 2.45) is 0 Å². The van der Waals surface area contributed by atoms with Gasteiger partial charge in [0.05, 0.1) is 0 Å². The normalized spacial score (nSPS) is 10.2. The summed E-state index contributed by atoms with van der Waals surface area (Å²) < 4.78 is 0. The van der Waals surface area contributed by atoms with Crippen molar-refractivity contribution in [2.45, 2.75) is 20.0 Å². The van der Waals surface area contributed by atoms with Crippen LogP contribution in [0.25, 0.3) is 0 Å². The Morgan fingerprint density at radius 3 is 2.38 bits per heavy atom. The van der Waals surface area contributed by atoms with Crippen LogP contribution in [0.15, 0.2) is 54.6 Å². The number of hydrogen-bond acceptors (Lipinski definition) is 2. The van der Waals surface area contributed by atoms with Gasteiger partial charge in [-0.1, -0.05) is 61.2 Å². The summed E-state index contributed by atoms with van der Waals surface area (Å²) >= 11 is 0. The number of rotatable bonds is 5. The van der Waals surface area contributed by atoms with E-state index in [9.17, 15) is 0 Å². The molecule has 0 fully saturated rings. The van der Waals surface area contributed by atoms with Crippen LogP contribution in [0.3, 0.4) is 0 Å². The van der Waals surface area contributed by atoms with Crippen LogP contribution in [-0.2, 0) is 13.1 Å². The van der Waals surface area contributed by atoms with Crippen molar-refractivity contribution in [1.82, 2.24) is 4.90 Å². The molecule has 0 aromatic heterocycles. The molecule has 0 atom stereocenters. The zero-order valence-corrected chi connectivity index (χ0v) is 12.4. The van der Waals surface area contributed by atoms with Crippen LogP contribution in [0.4, 0.5) is 0 Å². The van der Waals surface area contributed by atoms with Gasteiger partial charge in [0.25, 0.3) is 0 Å². The van der Waals surface area contributed by atoms with Gasteiger partial charge in [0.1, 0.15) is 6.61 Å². The predicted molar refractivity (Wildman–Crippen MR) is 86.6 cm³/mol. The maximum Gasteiger partial charge on any atom is 0.104 e. The Kier molecular flexibility index (Phi) is 6.02. The summed E-state index contributed by atoms with van der Waals surface area (Å²) in [4.78, 5) is 2.40. The number of benzene rings is 2. The highest BCUT2D eigenvalue weighted by molar-refractivity contribution is 5.37. The van der Waals surface area contributed by atoms with E-state index in [-0.39, 0.29) is 6.61 Å². The second kappa shape index (κ2) is 8.26. The van der Waals surface area contributed by atoms with E-state index in [1.807, 2.05) is 18.2 Å². The van der Waals surface area contributed by atoms with E-state index in [4.69, 9.17) is 5.11 Å². The molecule has 0 radical (unpaired) electrons. The van der Waals surface area contributed by atoms with Gasteiger partial charge in [-0.2, -0.15) is 0 Å². The second-order valence-electron chi connectivity index (χ2n) is 4.95. The van der Waals surface area contributed by atoms with Gasteiger partial charge in [-0.05, 0) is 29.8 Å². The number of hydrogen-bond donors (Lipinski definition) is 1. The van der Waals surface area contributed by atoms with E-state index in [1.165, 1.54) is 11.1 Å². The van der Waals surface area contributed by atoms with Crippen LogP contribution in [0.5, 0.6) is 0 Å². The van der Waals surface area contributed by atoms with Gasteiger partial charge in [-0.25, -0.2) is 0 Å². The minimum absolute atomic E-state index is 0.0979. The molecule has 2 aromatic rings. The zero-order valence-electron chi connectivity index (χ0n) is 12.4. The molecule has 2 nitrogen and oxygen atoms in total. The largest absolute Gasteiger partial charge is 0.384 e. The molecule has 2 heteroatoms. The quantitative estimate of drug-likeness (QED) is 0.850. The summed E-state index contributed by atoms with van der Waals surface area (Å²) in [6, 6.07) is 18.7. The average Bonchev–Trinajstić information content (AvgIpc) is 2.53. The van der Waals surface area contributed by atoms with Crippen molar-refractivity contribution in [3.05, 3.63) is 71.3 Å². The topological polar surface area (TPSA) is 23.5 Å². The number of aliphatic hydroxyl groups is 1. The van der Waals surface area contributed by atoms with Gasteiger partial charge >= 0.3 is 0 Å². The van der Waals surface area contributed by atoms with E-state index >= 15 is 0 Å². The molecule has 0 aliphatic heterocycles. The third-order valence-corrected chi connectivity index (χ3v) is 3.34. The SMILES string of the molecule is CCN(Cc1ccccc1)Cc1cccc(C#CCO)c1. The second-order valence-corrected chi connectivity index (χ2v) is 4.95. The summed E-state index contributed by atoms with van der Waals surface area (Å²) in [5, 5.41) is 8.76. The smallest absolute Gasteiger partial charge is 0.104 e. The van der Waals surface area contributed by atoms with Crippen molar-refractivity contribution < 1.29 is 5.11 Å². The van der Waals surface area contributed by atoms with E-state index in [0.717, 1.165) is 25.2 Å². The minimum Gasteiger partial charge on any atom is -0.384 e. The van der Waals surface area contributed by atoms with Crippen LogP contribution >= 0.6 is 0 Å². The molecule has 0 amide bonds. The molecule has 1 N–H and O–H groups in total. The Balaban J connectivity index is 2.04. The third kappa shape index (κ3) is 5.07. The Bertz CT molecular complexity index is 610. The molecule has 0 bridgehead atoms. The molecular weight excluding hydrogens is 258 g/mol. The Morgan fingerprint density at radius 2 is 1.67 bits per heavy atom. The highest BCUT2D eigenvalue weighted by Crippen LogP contribution is 2.11. The first-order valence-electron chi connectivity index (χ1n) is 7.26. The molecule has 21 heavy (non-hydrogen) atoms. The molecule has 0 saturated heterocycles. The molecular formula is C19H21NO. The highest BCUT2D eigenvalue weighted by Gasteiger charge is 2.05. The summed E-state index contributed by atoms with van der Waals surface area (Å²) in [7, 11) is 0. The summed E-state index contributed by atoms with van der Waals surface area (Å²) in [6.45, 7) is 4.93. The van der Waals surface area contributed by atoms with Gasteiger partial charge < -0.3 is 5.11 Å². The maximum atomic E-state index is 8.76. The first kappa shape index (κ1) is 15.3. The van der Waals surface area contributed by atoms with Crippen molar-refractivity contribution in [3.63, 3.8) is 0 Å². The van der Waals surface area contributed by atoms with Crippen molar-refractivity contribution >= 4 is 0 Å². The van der Waals surface area contributed by atoms with Crippen LogP contribution in [0, 0.1) is 11.8 Å². The van der Waals surface area contributed by atoms with Crippen LogP contribution in [0.2, 0.25) is 0 Å². The lowest BCUT2D eigenvalue weighted by Crippen LogP contribution is -2.22. The van der Waals surface area contributed by atoms with Crippen molar-refractivity contribution in [1.29, 1.82) is 0 Å². The Hall–Kier alpha value is -2.08. The molecule has 108 valence electrons. The first-order chi connectivity index (χ1) is 10.3. The monoisotopic (exact) mass is 279 g/mol. The molecule has 0 aliphatic carbocycles. The van der Waals surface area contributed by atoms with E-state index in [0.29, 0.717) is 0 Å². The fourth-order valence-corrected chi connectivity index (χ4v) is 2.27. The summed E-state index contributed by atoms with van der Waals surface area (Å²) in [6.07, 6.45) is 0. The van der Waals surface area contributed by atoms with Gasteiger partial charge in [0.15, 0.2) is 0 Å². The Labute approximate surface area is 127 Å². The molecule has 0 aliphatic rings. The molecule has 2 aromatic carbocycles. The van der Waals surface area contributed by atoms with Crippen LogP contribution in [-0.4, -0.2) is 23.2 Å². The van der Waals surface area contributed by atoms with Gasteiger partial charge in [0.2, 0.25) is 0 Å². The highest BCUT2D eigenvalue weighted by atomic mass is 16.2. The fraction of sp³-hybridized carbons (Fsp3) is 0.263. The van der Waals surface area contributed by atoms with Gasteiger partial charge in [-0.15, -0.1) is 0 Å². The Morgan fingerprint density at radius 1 is 0.952 bits per heavy atom. The molecule has 0 saturated carbocycles. The number of aliphatic hydroxyl groups excluding tert-OH is 1. The summed E-state index contributed by atoms with van der Waals surface area (Å²) in [5.74, 6) is 5.65. The van der Waals surface area contributed by atoms with Crippen LogP contribution < -0.4 is 0 Å². The average molecular weight is 279 g/mol. The molecule has 0 unspecified atom stereocenters. The van der Waals surface area contributed by atoms with Gasteiger partial charge in [-0.3, -0.25) is 4.90 Å². The molecule has 0 spiro atoms. The van der Waals surface area contributed by atoms with E-state index in [2.05, 4.69) is 60.1 Å². The summed E-state index contributed by atoms with van der Waals surface area (Å²) in [5.41, 5.74) is 3.53. The third-order valence-electron chi connectivity index (χ3n) is 3.34. The standard InChI is InChI=1S/C19H21NO/c1-2-20(15-18-8-4-3-5-9-18)16-19-11-6-10-17(14-19)12-7-13-21/h3-6,8-11,14,21H,2,13,15-16H2,1H3. The maximum absolute atomic E-state index is 8.76. The van der Waals surface area contributed by atoms with Crippen molar-refractivity contribution in [2.75, 3.05) is 13.2 Å². The first-order valence-corrected chi connectivity index (χ1v) is 7.26. The zero-order chi connectivity index (χ0) is 14.9.